The summed E-state index contributed by atoms with van der Waals surface area (Å²) < 4.78 is 16.9. The van der Waals surface area contributed by atoms with E-state index in [1.54, 1.807) is 0 Å². The normalized spacial score (nSPS) is 15.6. The van der Waals surface area contributed by atoms with E-state index in [9.17, 15) is 9.59 Å². The number of amides is 2. The number of imide groups is 1. The van der Waals surface area contributed by atoms with Crippen LogP contribution < -0.4 is 0 Å². The average Bonchev–Trinajstić information content (AvgIpc) is 3.59. The number of cyclic esters (lactones) is 1. The maximum atomic E-state index is 12.7. The maximum Gasteiger partial charge on any atom is 0.416 e. The number of ether oxygens (including phenoxy) is 1. The van der Waals surface area contributed by atoms with Gasteiger partial charge >= 0.3 is 6.09 Å². The molecule has 0 radical (unpaired) electrons. The van der Waals surface area contributed by atoms with E-state index >= 15 is 0 Å². The second-order valence-corrected chi connectivity index (χ2v) is 9.80. The van der Waals surface area contributed by atoms with Gasteiger partial charge in [0.15, 0.2) is 11.5 Å². The summed E-state index contributed by atoms with van der Waals surface area (Å²) in [4.78, 5) is 35.4. The molecule has 0 saturated carbocycles. The van der Waals surface area contributed by atoms with Crippen LogP contribution in [0.3, 0.4) is 0 Å². The molecule has 1 fully saturated rings. The van der Waals surface area contributed by atoms with Crippen LogP contribution in [0.4, 0.5) is 4.79 Å². The van der Waals surface area contributed by atoms with Crippen molar-refractivity contribution in [2.45, 2.75) is 58.9 Å². The lowest BCUT2D eigenvalue weighted by molar-refractivity contribution is -0.129. The first kappa shape index (κ1) is 24.7. The highest BCUT2D eigenvalue weighted by atomic mass is 16.6. The first-order valence-corrected chi connectivity index (χ1v) is 12.8. The molecular weight excluding hydrogens is 470 g/mol. The molecule has 2 amide bonds. The zero-order chi connectivity index (χ0) is 25.9. The number of nitrogens with zero attached hydrogens (tertiary/aromatic N) is 3. The van der Waals surface area contributed by atoms with Crippen molar-refractivity contribution in [2.24, 2.45) is 5.92 Å². The van der Waals surface area contributed by atoms with Crippen LogP contribution in [0.15, 0.2) is 57.4 Å². The van der Waals surface area contributed by atoms with Gasteiger partial charge in [0, 0.05) is 18.4 Å². The average molecular weight is 502 g/mol. The molecule has 1 atom stereocenters. The minimum Gasteiger partial charge on any atom is -0.447 e. The van der Waals surface area contributed by atoms with Crippen molar-refractivity contribution in [1.29, 1.82) is 0 Å². The van der Waals surface area contributed by atoms with Crippen molar-refractivity contribution in [3.8, 4) is 11.5 Å². The molecular formula is C29H31N3O5. The van der Waals surface area contributed by atoms with Gasteiger partial charge in [-0.25, -0.2) is 19.7 Å². The molecule has 0 N–H and O–H groups in total. The number of carbonyl (C=O) groups is 2. The minimum atomic E-state index is -0.544. The summed E-state index contributed by atoms with van der Waals surface area (Å²) in [5, 5.41) is 0. The number of aryl methyl sites for hydroxylation is 4. The molecule has 37 heavy (non-hydrogen) atoms. The lowest BCUT2D eigenvalue weighted by Crippen LogP contribution is -2.41. The van der Waals surface area contributed by atoms with Gasteiger partial charge in [0.25, 0.3) is 0 Å². The van der Waals surface area contributed by atoms with Crippen molar-refractivity contribution < 1.29 is 23.2 Å². The number of hydrogen-bond acceptors (Lipinski definition) is 7. The number of fused-ring (bicyclic) bond motifs is 1. The summed E-state index contributed by atoms with van der Waals surface area (Å²) in [6.45, 7) is 6.17. The molecule has 4 aromatic rings. The predicted octanol–water partition coefficient (Wildman–Crippen LogP) is 5.90. The van der Waals surface area contributed by atoms with Gasteiger partial charge < -0.3 is 13.6 Å². The van der Waals surface area contributed by atoms with E-state index in [1.807, 2.05) is 69.3 Å². The molecule has 2 aromatic carbocycles. The minimum absolute atomic E-state index is 0.152. The molecule has 3 heterocycles. The summed E-state index contributed by atoms with van der Waals surface area (Å²) >= 11 is 0. The molecule has 192 valence electrons. The molecule has 5 rings (SSSR count). The largest absolute Gasteiger partial charge is 0.447 e. The number of carbonyl (C=O) groups excluding carboxylic acids is 2. The Hall–Kier alpha value is -3.94. The first-order chi connectivity index (χ1) is 17.9. The Morgan fingerprint density at radius 3 is 2.65 bits per heavy atom. The van der Waals surface area contributed by atoms with E-state index in [-0.39, 0.29) is 30.9 Å². The Morgan fingerprint density at radius 2 is 1.86 bits per heavy atom. The fraction of sp³-hybridized carbons (Fsp3) is 0.379. The first-order valence-electron chi connectivity index (χ1n) is 12.8. The van der Waals surface area contributed by atoms with Crippen LogP contribution in [-0.4, -0.2) is 39.5 Å². The van der Waals surface area contributed by atoms with Crippen molar-refractivity contribution in [3.63, 3.8) is 0 Å². The molecule has 8 nitrogen and oxygen atoms in total. The zero-order valence-electron chi connectivity index (χ0n) is 21.4. The van der Waals surface area contributed by atoms with Crippen LogP contribution in [-0.2, 0) is 28.8 Å². The Balaban J connectivity index is 1.17. The Morgan fingerprint density at radius 1 is 1.05 bits per heavy atom. The van der Waals surface area contributed by atoms with E-state index in [2.05, 4.69) is 9.97 Å². The molecule has 0 aliphatic carbocycles. The van der Waals surface area contributed by atoms with Crippen LogP contribution in [0.1, 0.15) is 49.6 Å². The van der Waals surface area contributed by atoms with Gasteiger partial charge in [-0.2, -0.15) is 0 Å². The summed E-state index contributed by atoms with van der Waals surface area (Å²) in [6.07, 6.45) is 2.49. The number of benzene rings is 2. The highest BCUT2D eigenvalue weighted by Crippen LogP contribution is 2.24. The standard InChI is InChI=1S/C29H31N3O5/c1-18(2)24-17-35-29(34)32(24)27(33)15-13-20-12-14-25-23(16-20)30-26(37-25)11-7-10-22-19(3)36-28(31-22)21-8-5-4-6-9-21/h4-6,8-9,12,14,16,18,24H,7,10-11,13,15,17H2,1-3H3/t24-/m0/s1. The summed E-state index contributed by atoms with van der Waals surface area (Å²) in [6, 6.07) is 15.5. The zero-order valence-corrected chi connectivity index (χ0v) is 21.4. The Bertz CT molecular complexity index is 1410. The third-order valence-electron chi connectivity index (χ3n) is 6.79. The van der Waals surface area contributed by atoms with E-state index < -0.39 is 6.09 Å². The highest BCUT2D eigenvalue weighted by Gasteiger charge is 2.39. The van der Waals surface area contributed by atoms with Crippen molar-refractivity contribution >= 4 is 23.1 Å². The highest BCUT2D eigenvalue weighted by molar-refractivity contribution is 5.93. The lowest BCUT2D eigenvalue weighted by atomic mass is 10.0. The van der Waals surface area contributed by atoms with Gasteiger partial charge in [-0.3, -0.25) is 4.79 Å². The van der Waals surface area contributed by atoms with Crippen LogP contribution >= 0.6 is 0 Å². The monoisotopic (exact) mass is 501 g/mol. The quantitative estimate of drug-likeness (QED) is 0.281. The van der Waals surface area contributed by atoms with Crippen LogP contribution in [0.5, 0.6) is 0 Å². The SMILES string of the molecule is Cc1oc(-c2ccccc2)nc1CCCc1nc2cc(CCC(=O)N3C(=O)OC[C@H]3C(C)C)ccc2o1. The van der Waals surface area contributed by atoms with Gasteiger partial charge in [-0.1, -0.05) is 38.1 Å². The molecule has 0 bridgehead atoms. The van der Waals surface area contributed by atoms with Gasteiger partial charge in [-0.05, 0) is 61.9 Å². The Labute approximate surface area is 215 Å². The van der Waals surface area contributed by atoms with E-state index in [0.717, 1.165) is 46.5 Å². The van der Waals surface area contributed by atoms with Crippen molar-refractivity contribution in [1.82, 2.24) is 14.9 Å². The topological polar surface area (TPSA) is 98.7 Å². The van der Waals surface area contributed by atoms with Crippen LogP contribution in [0, 0.1) is 12.8 Å². The molecule has 0 spiro atoms. The fourth-order valence-electron chi connectivity index (χ4n) is 4.64. The smallest absolute Gasteiger partial charge is 0.416 e. The number of oxazole rings is 2. The van der Waals surface area contributed by atoms with Crippen molar-refractivity contribution in [3.05, 3.63) is 71.4 Å². The van der Waals surface area contributed by atoms with Gasteiger partial charge in [-0.15, -0.1) is 0 Å². The fourth-order valence-corrected chi connectivity index (χ4v) is 4.64. The van der Waals surface area contributed by atoms with E-state index in [4.69, 9.17) is 13.6 Å². The molecule has 1 aliphatic heterocycles. The summed E-state index contributed by atoms with van der Waals surface area (Å²) in [7, 11) is 0. The number of rotatable bonds is 9. The second-order valence-electron chi connectivity index (χ2n) is 9.80. The summed E-state index contributed by atoms with van der Waals surface area (Å²) in [5.74, 6) is 2.09. The molecule has 8 heteroatoms. The van der Waals surface area contributed by atoms with E-state index in [1.165, 1.54) is 4.90 Å². The summed E-state index contributed by atoms with van der Waals surface area (Å²) in [5.41, 5.74) is 4.37. The molecule has 1 aliphatic rings. The van der Waals surface area contributed by atoms with Gasteiger partial charge in [0.1, 0.15) is 17.9 Å². The van der Waals surface area contributed by atoms with Crippen molar-refractivity contribution in [2.75, 3.05) is 6.61 Å². The Kier molecular flexibility index (Phi) is 7.08. The number of hydrogen-bond donors (Lipinski definition) is 0. The molecule has 1 saturated heterocycles. The third-order valence-corrected chi connectivity index (χ3v) is 6.79. The van der Waals surface area contributed by atoms with Gasteiger partial charge in [0.05, 0.1) is 11.7 Å². The third kappa shape index (κ3) is 5.43. The maximum absolute atomic E-state index is 12.7. The number of aromatic nitrogens is 2. The van der Waals surface area contributed by atoms with Crippen LogP contribution in [0.2, 0.25) is 0 Å². The van der Waals surface area contributed by atoms with Crippen LogP contribution in [0.25, 0.3) is 22.6 Å². The van der Waals surface area contributed by atoms with Gasteiger partial charge in [0.2, 0.25) is 11.8 Å². The molecule has 0 unspecified atom stereocenters. The lowest BCUT2D eigenvalue weighted by Gasteiger charge is -2.22. The second kappa shape index (κ2) is 10.6. The van der Waals surface area contributed by atoms with E-state index in [0.29, 0.717) is 24.6 Å². The predicted molar refractivity (Wildman–Crippen MR) is 138 cm³/mol. The molecule has 2 aromatic heterocycles.